The number of esters is 1. The van der Waals surface area contributed by atoms with E-state index in [2.05, 4.69) is 18.5 Å². The summed E-state index contributed by atoms with van der Waals surface area (Å²) in [7, 11) is 0. The zero-order valence-corrected chi connectivity index (χ0v) is 24.0. The van der Waals surface area contributed by atoms with E-state index in [9.17, 15) is 19.5 Å². The van der Waals surface area contributed by atoms with Crippen LogP contribution in [0.5, 0.6) is 0 Å². The van der Waals surface area contributed by atoms with Gasteiger partial charge in [0, 0.05) is 13.0 Å². The van der Waals surface area contributed by atoms with Crippen molar-refractivity contribution in [3.8, 4) is 0 Å². The molecule has 2 N–H and O–H groups in total. The van der Waals surface area contributed by atoms with Crippen LogP contribution in [0.4, 0.5) is 0 Å². The molecule has 1 aliphatic heterocycles. The van der Waals surface area contributed by atoms with Gasteiger partial charge in [-0.05, 0) is 56.1 Å². The minimum absolute atomic E-state index is 0.0190. The highest BCUT2D eigenvalue weighted by molar-refractivity contribution is 5.86. The van der Waals surface area contributed by atoms with Crippen molar-refractivity contribution in [1.29, 1.82) is 0 Å². The Hall–Kier alpha value is -3.71. The number of likely N-dealkylation sites (tertiary alicyclic amines) is 1. The minimum atomic E-state index is -0.619. The molecule has 4 atom stereocenters. The van der Waals surface area contributed by atoms with Gasteiger partial charge in [-0.1, -0.05) is 72.8 Å². The third-order valence-corrected chi connectivity index (χ3v) is 7.68. The Labute approximate surface area is 244 Å². The van der Waals surface area contributed by atoms with Gasteiger partial charge in [-0.15, -0.1) is 13.2 Å². The van der Waals surface area contributed by atoms with Crippen LogP contribution in [0, 0.1) is 11.8 Å². The van der Waals surface area contributed by atoms with Gasteiger partial charge in [0.1, 0.15) is 6.61 Å². The lowest BCUT2D eigenvalue weighted by Crippen LogP contribution is -2.42. The molecule has 220 valence electrons. The number of nitrogens with zero attached hydrogens (tertiary/aromatic N) is 1. The molecule has 2 aromatic rings. The fraction of sp³-hybridized carbons (Fsp3) is 0.441. The molecule has 41 heavy (non-hydrogen) atoms. The van der Waals surface area contributed by atoms with E-state index in [1.165, 1.54) is 0 Å². The maximum Gasteiger partial charge on any atom is 0.309 e. The van der Waals surface area contributed by atoms with E-state index < -0.39 is 12.0 Å². The van der Waals surface area contributed by atoms with Crippen LogP contribution in [-0.4, -0.2) is 53.6 Å². The van der Waals surface area contributed by atoms with Crippen LogP contribution in [0.15, 0.2) is 86.0 Å². The average molecular weight is 561 g/mol. The van der Waals surface area contributed by atoms with Gasteiger partial charge in [-0.25, -0.2) is 0 Å². The Morgan fingerprint density at radius 1 is 1.02 bits per heavy atom. The Balaban J connectivity index is 1.69. The largest absolute Gasteiger partial charge is 0.463 e. The fourth-order valence-corrected chi connectivity index (χ4v) is 5.36. The molecule has 7 nitrogen and oxygen atoms in total. The van der Waals surface area contributed by atoms with E-state index in [-0.39, 0.29) is 49.4 Å². The van der Waals surface area contributed by atoms with E-state index in [1.807, 2.05) is 66.7 Å². The van der Waals surface area contributed by atoms with E-state index in [0.717, 1.165) is 36.8 Å². The molecule has 1 heterocycles. The number of allylic oxidation sites excluding steroid dienone is 2. The number of aliphatic hydroxyl groups excluding tert-OH is 1. The summed E-state index contributed by atoms with van der Waals surface area (Å²) in [5, 5.41) is 12.7. The van der Waals surface area contributed by atoms with Gasteiger partial charge in [0.2, 0.25) is 11.8 Å². The summed E-state index contributed by atoms with van der Waals surface area (Å²) in [6, 6.07) is 18.5. The Bertz CT molecular complexity index is 1120. The number of nitrogens with one attached hydrogen (secondary N) is 1. The van der Waals surface area contributed by atoms with Crippen molar-refractivity contribution in [1.82, 2.24) is 10.2 Å². The van der Waals surface area contributed by atoms with Crippen LogP contribution < -0.4 is 5.32 Å². The van der Waals surface area contributed by atoms with Crippen LogP contribution in [0.25, 0.3) is 0 Å². The summed E-state index contributed by atoms with van der Waals surface area (Å²) < 4.78 is 5.85. The highest BCUT2D eigenvalue weighted by Crippen LogP contribution is 2.23. The molecule has 1 aliphatic rings. The normalized spacial score (nSPS) is 16.8. The summed E-state index contributed by atoms with van der Waals surface area (Å²) in [4.78, 5) is 41.5. The van der Waals surface area contributed by atoms with Crippen molar-refractivity contribution in [2.24, 2.45) is 11.8 Å². The number of hydrogen-bond donors (Lipinski definition) is 2. The van der Waals surface area contributed by atoms with Crippen molar-refractivity contribution < 1.29 is 24.2 Å². The van der Waals surface area contributed by atoms with Gasteiger partial charge in [0.25, 0.3) is 0 Å². The number of hydrogen-bond acceptors (Lipinski definition) is 5. The number of rotatable bonds is 17. The van der Waals surface area contributed by atoms with Gasteiger partial charge in [-0.2, -0.15) is 0 Å². The van der Waals surface area contributed by atoms with Crippen molar-refractivity contribution in [2.75, 3.05) is 19.8 Å². The third kappa shape index (κ3) is 10.0. The molecular formula is C34H44N2O5. The van der Waals surface area contributed by atoms with E-state index >= 15 is 0 Å². The second-order valence-electron chi connectivity index (χ2n) is 10.7. The zero-order chi connectivity index (χ0) is 29.5. The second-order valence-corrected chi connectivity index (χ2v) is 10.7. The van der Waals surface area contributed by atoms with Crippen molar-refractivity contribution in [3.05, 3.63) is 97.1 Å². The van der Waals surface area contributed by atoms with E-state index in [1.54, 1.807) is 11.0 Å². The predicted molar refractivity (Wildman–Crippen MR) is 161 cm³/mol. The van der Waals surface area contributed by atoms with Gasteiger partial charge in [0.05, 0.1) is 30.5 Å². The van der Waals surface area contributed by atoms with Crippen LogP contribution in [0.2, 0.25) is 0 Å². The number of unbranched alkanes of at least 4 members (excludes halogenated alkanes) is 1. The summed E-state index contributed by atoms with van der Waals surface area (Å²) in [6.45, 7) is 8.06. The van der Waals surface area contributed by atoms with Gasteiger partial charge in [0.15, 0.2) is 0 Å². The molecule has 7 heteroatoms. The molecule has 0 unspecified atom stereocenters. The van der Waals surface area contributed by atoms with Crippen molar-refractivity contribution in [2.45, 2.75) is 63.5 Å². The highest BCUT2D eigenvalue weighted by atomic mass is 16.5. The molecule has 2 aromatic carbocycles. The molecule has 1 fully saturated rings. The summed E-state index contributed by atoms with van der Waals surface area (Å²) >= 11 is 0. The standard InChI is InChI=1S/C34H44N2O5/c1-3-5-8-19-29(22-26-15-9-6-10-16-26)34(40)41-25-31(27-17-11-7-12-18-27)35-33(39)28(14-4-2)23-32(38)36-21-13-20-30(36)24-37/h3-4,6-7,9-12,15-18,28-31,37H,1-2,5,8,13-14,19-25H2,(H,35,39)/t28-,29+,30-,31-/m0/s1. The third-order valence-electron chi connectivity index (χ3n) is 7.68. The van der Waals surface area contributed by atoms with E-state index in [4.69, 9.17) is 4.74 Å². The maximum absolute atomic E-state index is 13.5. The molecule has 0 saturated carbocycles. The first-order valence-corrected chi connectivity index (χ1v) is 14.6. The van der Waals surface area contributed by atoms with Crippen LogP contribution in [0.1, 0.15) is 62.1 Å². The quantitative estimate of drug-likeness (QED) is 0.158. The molecule has 0 aliphatic carbocycles. The molecule has 0 bridgehead atoms. The molecule has 3 rings (SSSR count). The van der Waals surface area contributed by atoms with Gasteiger partial charge in [-0.3, -0.25) is 14.4 Å². The lowest BCUT2D eigenvalue weighted by molar-refractivity contribution is -0.150. The van der Waals surface area contributed by atoms with Crippen LogP contribution in [0.3, 0.4) is 0 Å². The fourth-order valence-electron chi connectivity index (χ4n) is 5.36. The average Bonchev–Trinajstić information content (AvgIpc) is 3.48. The topological polar surface area (TPSA) is 95.9 Å². The number of benzene rings is 2. The Morgan fingerprint density at radius 2 is 1.73 bits per heavy atom. The Kier molecular flexibility index (Phi) is 13.3. The molecule has 0 radical (unpaired) electrons. The lowest BCUT2D eigenvalue weighted by Gasteiger charge is -2.27. The molecular weight excluding hydrogens is 516 g/mol. The number of aliphatic hydroxyl groups is 1. The second kappa shape index (κ2) is 17.2. The summed E-state index contributed by atoms with van der Waals surface area (Å²) in [5.74, 6) is -1.67. The molecule has 0 spiro atoms. The van der Waals surface area contributed by atoms with Crippen LogP contribution >= 0.6 is 0 Å². The molecule has 0 aromatic heterocycles. The summed E-state index contributed by atoms with van der Waals surface area (Å²) in [6.07, 6.45) is 8.37. The number of ether oxygens (including phenoxy) is 1. The summed E-state index contributed by atoms with van der Waals surface area (Å²) in [5.41, 5.74) is 1.88. The van der Waals surface area contributed by atoms with Gasteiger partial charge >= 0.3 is 5.97 Å². The smallest absolute Gasteiger partial charge is 0.309 e. The minimum Gasteiger partial charge on any atom is -0.463 e. The number of carbonyl (C=O) groups excluding carboxylic acids is 3. The van der Waals surface area contributed by atoms with E-state index in [0.29, 0.717) is 25.8 Å². The monoisotopic (exact) mass is 560 g/mol. The first-order chi connectivity index (χ1) is 20.0. The zero-order valence-electron chi connectivity index (χ0n) is 24.0. The molecule has 2 amide bonds. The SMILES string of the molecule is C=CCCC[C@H](Cc1ccccc1)C(=O)OC[C@H](NC(=O)[C@@H](CC=C)CC(=O)N1CCC[C@H]1CO)c1ccccc1. The Morgan fingerprint density at radius 3 is 2.39 bits per heavy atom. The maximum atomic E-state index is 13.5. The van der Waals surface area contributed by atoms with Crippen molar-refractivity contribution >= 4 is 17.8 Å². The molecule has 1 saturated heterocycles. The predicted octanol–water partition coefficient (Wildman–Crippen LogP) is 5.17. The van der Waals surface area contributed by atoms with Crippen molar-refractivity contribution in [3.63, 3.8) is 0 Å². The number of carbonyl (C=O) groups is 3. The highest BCUT2D eigenvalue weighted by Gasteiger charge is 2.32. The van der Waals surface area contributed by atoms with Crippen LogP contribution in [-0.2, 0) is 25.5 Å². The first kappa shape index (κ1) is 31.8. The number of amides is 2. The van der Waals surface area contributed by atoms with Gasteiger partial charge < -0.3 is 20.1 Å². The lowest BCUT2D eigenvalue weighted by atomic mass is 9.94. The first-order valence-electron chi connectivity index (χ1n) is 14.6.